The number of aryl methyl sites for hydroxylation is 1. The molecule has 0 saturated heterocycles. The predicted molar refractivity (Wildman–Crippen MR) is 66.6 cm³/mol. The minimum absolute atomic E-state index is 0.122. The van der Waals surface area contributed by atoms with E-state index in [0.29, 0.717) is 22.5 Å². The van der Waals surface area contributed by atoms with Gasteiger partial charge in [0.1, 0.15) is 10.3 Å². The molecule has 2 aromatic rings. The Hall–Kier alpha value is -1.39. The zero-order chi connectivity index (χ0) is 12.4. The zero-order valence-corrected chi connectivity index (χ0v) is 10.5. The molecule has 0 unspecified atom stereocenters. The van der Waals surface area contributed by atoms with Gasteiger partial charge < -0.3 is 0 Å². The highest BCUT2D eigenvalue weighted by Crippen LogP contribution is 2.16. The van der Waals surface area contributed by atoms with Crippen molar-refractivity contribution >= 4 is 23.2 Å². The number of halogens is 2. The number of pyridine rings is 1. The molecule has 0 atom stereocenters. The van der Waals surface area contributed by atoms with Crippen LogP contribution in [0.4, 0.5) is 0 Å². The number of hydrogen-bond acceptors (Lipinski definition) is 3. The second-order valence-electron chi connectivity index (χ2n) is 3.58. The van der Waals surface area contributed by atoms with Gasteiger partial charge in [0.05, 0.1) is 12.9 Å². The normalized spacial score (nSPS) is 10.5. The first-order valence-corrected chi connectivity index (χ1v) is 5.66. The summed E-state index contributed by atoms with van der Waals surface area (Å²) in [5, 5.41) is 0.623. The van der Waals surface area contributed by atoms with Gasteiger partial charge in [0.2, 0.25) is 0 Å². The second kappa shape index (κ2) is 4.85. The third-order valence-corrected chi connectivity index (χ3v) is 2.79. The Morgan fingerprint density at radius 1 is 1.35 bits per heavy atom. The Labute approximate surface area is 108 Å². The van der Waals surface area contributed by atoms with Crippen LogP contribution in [0.5, 0.6) is 0 Å². The molecule has 17 heavy (non-hydrogen) atoms. The van der Waals surface area contributed by atoms with Crippen molar-refractivity contribution in [1.29, 1.82) is 0 Å². The van der Waals surface area contributed by atoms with E-state index in [4.69, 9.17) is 23.2 Å². The predicted octanol–water partition coefficient (Wildman–Crippen LogP) is 2.30. The summed E-state index contributed by atoms with van der Waals surface area (Å²) in [6.07, 6.45) is 1.49. The van der Waals surface area contributed by atoms with Crippen molar-refractivity contribution in [2.75, 3.05) is 0 Å². The second-order valence-corrected chi connectivity index (χ2v) is 4.33. The van der Waals surface area contributed by atoms with Gasteiger partial charge in [-0.3, -0.25) is 9.36 Å². The Balaban J connectivity index is 2.35. The standard InChI is InChI=1S/C11H9Cl2N3O/c1-7-4-10(17)16(6-14-7)5-8-2-3-9(12)15-11(8)13/h2-4,6H,5H2,1H3. The Kier molecular flexibility index (Phi) is 3.45. The van der Waals surface area contributed by atoms with E-state index in [9.17, 15) is 4.79 Å². The summed E-state index contributed by atoms with van der Waals surface area (Å²) in [5.41, 5.74) is 1.29. The van der Waals surface area contributed by atoms with Gasteiger partial charge in [-0.2, -0.15) is 0 Å². The van der Waals surface area contributed by atoms with E-state index in [-0.39, 0.29) is 5.56 Å². The molecule has 88 valence electrons. The molecule has 0 spiro atoms. The molecule has 2 aromatic heterocycles. The first-order valence-electron chi connectivity index (χ1n) is 4.90. The van der Waals surface area contributed by atoms with Gasteiger partial charge >= 0.3 is 0 Å². The lowest BCUT2D eigenvalue weighted by Gasteiger charge is -2.06. The van der Waals surface area contributed by atoms with E-state index in [0.717, 1.165) is 5.56 Å². The number of nitrogens with zero attached hydrogens (tertiary/aromatic N) is 3. The van der Waals surface area contributed by atoms with Gasteiger partial charge in [-0.05, 0) is 13.0 Å². The monoisotopic (exact) mass is 269 g/mol. The highest BCUT2D eigenvalue weighted by Gasteiger charge is 2.05. The molecule has 0 radical (unpaired) electrons. The van der Waals surface area contributed by atoms with Crippen molar-refractivity contribution in [2.24, 2.45) is 0 Å². The quantitative estimate of drug-likeness (QED) is 0.787. The first kappa shape index (κ1) is 12.1. The summed E-state index contributed by atoms with van der Waals surface area (Å²) in [5.74, 6) is 0. The molecule has 0 bridgehead atoms. The highest BCUT2D eigenvalue weighted by atomic mass is 35.5. The largest absolute Gasteiger partial charge is 0.295 e. The van der Waals surface area contributed by atoms with Crippen molar-refractivity contribution in [3.63, 3.8) is 0 Å². The van der Waals surface area contributed by atoms with Crippen molar-refractivity contribution in [3.8, 4) is 0 Å². The van der Waals surface area contributed by atoms with E-state index in [1.54, 1.807) is 19.1 Å². The average Bonchev–Trinajstić information content (AvgIpc) is 2.25. The average molecular weight is 270 g/mol. The molecule has 0 N–H and O–H groups in total. The van der Waals surface area contributed by atoms with Crippen LogP contribution in [0, 0.1) is 6.92 Å². The van der Waals surface area contributed by atoms with Crippen molar-refractivity contribution in [1.82, 2.24) is 14.5 Å². The van der Waals surface area contributed by atoms with E-state index >= 15 is 0 Å². The molecule has 0 fully saturated rings. The molecule has 2 heterocycles. The van der Waals surface area contributed by atoms with Gasteiger partial charge in [-0.15, -0.1) is 0 Å². The number of hydrogen-bond donors (Lipinski definition) is 0. The number of aromatic nitrogens is 3. The molecular formula is C11H9Cl2N3O. The van der Waals surface area contributed by atoms with Crippen LogP contribution in [0.25, 0.3) is 0 Å². The third kappa shape index (κ3) is 2.84. The van der Waals surface area contributed by atoms with Crippen LogP contribution < -0.4 is 5.56 Å². The first-order chi connectivity index (χ1) is 8.06. The van der Waals surface area contributed by atoms with Crippen LogP contribution in [0.2, 0.25) is 10.3 Å². The molecule has 0 aliphatic carbocycles. The summed E-state index contributed by atoms with van der Waals surface area (Å²) in [4.78, 5) is 19.6. The Morgan fingerprint density at radius 2 is 2.12 bits per heavy atom. The van der Waals surface area contributed by atoms with Crippen LogP contribution in [-0.2, 0) is 6.54 Å². The smallest absolute Gasteiger partial charge is 0.253 e. The summed E-state index contributed by atoms with van der Waals surface area (Å²) in [6.45, 7) is 2.09. The fraction of sp³-hybridized carbons (Fsp3) is 0.182. The number of rotatable bonds is 2. The molecule has 0 aliphatic heterocycles. The van der Waals surface area contributed by atoms with Crippen LogP contribution in [0.3, 0.4) is 0 Å². The van der Waals surface area contributed by atoms with Crippen molar-refractivity contribution in [2.45, 2.75) is 13.5 Å². The van der Waals surface area contributed by atoms with E-state index in [2.05, 4.69) is 9.97 Å². The molecular weight excluding hydrogens is 261 g/mol. The van der Waals surface area contributed by atoms with Crippen LogP contribution in [0.15, 0.2) is 29.3 Å². The van der Waals surface area contributed by atoms with Crippen LogP contribution in [0.1, 0.15) is 11.3 Å². The van der Waals surface area contributed by atoms with Crippen LogP contribution in [-0.4, -0.2) is 14.5 Å². The third-order valence-electron chi connectivity index (χ3n) is 2.25. The zero-order valence-electron chi connectivity index (χ0n) is 9.02. The fourth-order valence-corrected chi connectivity index (χ4v) is 1.78. The maximum atomic E-state index is 11.7. The molecule has 2 rings (SSSR count). The molecule has 0 amide bonds. The molecule has 4 nitrogen and oxygen atoms in total. The summed E-state index contributed by atoms with van der Waals surface area (Å²) in [7, 11) is 0. The summed E-state index contributed by atoms with van der Waals surface area (Å²) >= 11 is 11.6. The lowest BCUT2D eigenvalue weighted by Crippen LogP contribution is -2.20. The van der Waals surface area contributed by atoms with Crippen molar-refractivity contribution < 1.29 is 0 Å². The Morgan fingerprint density at radius 3 is 2.76 bits per heavy atom. The minimum atomic E-state index is -0.122. The van der Waals surface area contributed by atoms with Gasteiger partial charge in [0.15, 0.2) is 0 Å². The van der Waals surface area contributed by atoms with Crippen LogP contribution >= 0.6 is 23.2 Å². The lowest BCUT2D eigenvalue weighted by atomic mass is 10.3. The van der Waals surface area contributed by atoms with E-state index < -0.39 is 0 Å². The maximum absolute atomic E-state index is 11.7. The maximum Gasteiger partial charge on any atom is 0.253 e. The minimum Gasteiger partial charge on any atom is -0.295 e. The van der Waals surface area contributed by atoms with Crippen molar-refractivity contribution in [3.05, 3.63) is 56.4 Å². The van der Waals surface area contributed by atoms with Gasteiger partial charge in [0.25, 0.3) is 5.56 Å². The van der Waals surface area contributed by atoms with Gasteiger partial charge in [-0.1, -0.05) is 29.3 Å². The molecule has 0 aromatic carbocycles. The van der Waals surface area contributed by atoms with Gasteiger partial charge in [-0.25, -0.2) is 9.97 Å². The highest BCUT2D eigenvalue weighted by molar-refractivity contribution is 6.32. The van der Waals surface area contributed by atoms with E-state index in [1.165, 1.54) is 17.0 Å². The summed E-state index contributed by atoms with van der Waals surface area (Å²) in [6, 6.07) is 4.84. The van der Waals surface area contributed by atoms with Gasteiger partial charge in [0, 0.05) is 17.3 Å². The molecule has 0 aliphatic rings. The topological polar surface area (TPSA) is 47.8 Å². The summed E-state index contributed by atoms with van der Waals surface area (Å²) < 4.78 is 1.46. The SMILES string of the molecule is Cc1cc(=O)n(Cc2ccc(Cl)nc2Cl)cn1. The Bertz CT molecular complexity index is 610. The van der Waals surface area contributed by atoms with E-state index in [1.807, 2.05) is 0 Å². The lowest BCUT2D eigenvalue weighted by molar-refractivity contribution is 0.728. The molecule has 0 saturated carbocycles. The fourth-order valence-electron chi connectivity index (χ4n) is 1.38. The molecule has 6 heteroatoms.